The van der Waals surface area contributed by atoms with Crippen LogP contribution in [0.15, 0.2) is 11.0 Å². The molecule has 0 spiro atoms. The van der Waals surface area contributed by atoms with Crippen molar-refractivity contribution < 1.29 is 14.0 Å². The lowest BCUT2D eigenvalue weighted by Gasteiger charge is -2.41. The summed E-state index contributed by atoms with van der Waals surface area (Å²) in [6, 6.07) is -0.148. The van der Waals surface area contributed by atoms with Crippen LogP contribution in [-0.2, 0) is 11.8 Å². The minimum Gasteiger partial charge on any atom is -0.351 e. The summed E-state index contributed by atoms with van der Waals surface area (Å²) in [5, 5.41) is 2.66. The first-order chi connectivity index (χ1) is 10.7. The summed E-state index contributed by atoms with van der Waals surface area (Å²) in [6.07, 6.45) is 1.03. The van der Waals surface area contributed by atoms with Crippen LogP contribution in [0.3, 0.4) is 0 Å². The van der Waals surface area contributed by atoms with Crippen LogP contribution in [-0.4, -0.2) is 51.6 Å². The highest BCUT2D eigenvalue weighted by Crippen LogP contribution is 2.26. The van der Waals surface area contributed by atoms with Gasteiger partial charge in [0, 0.05) is 32.4 Å². The lowest BCUT2D eigenvalue weighted by molar-refractivity contribution is -0.129. The second kappa shape index (κ2) is 6.55. The molecule has 1 atom stereocenters. The van der Waals surface area contributed by atoms with E-state index in [2.05, 4.69) is 10.3 Å². The fourth-order valence-corrected chi connectivity index (χ4v) is 2.59. The van der Waals surface area contributed by atoms with Crippen molar-refractivity contribution in [2.45, 2.75) is 44.9 Å². The number of rotatable bonds is 5. The Morgan fingerprint density at radius 1 is 1.43 bits per heavy atom. The van der Waals surface area contributed by atoms with E-state index >= 15 is 0 Å². The van der Waals surface area contributed by atoms with Gasteiger partial charge in [0.15, 0.2) is 6.17 Å². The lowest BCUT2D eigenvalue weighted by atomic mass is 9.85. The monoisotopic (exact) mass is 326 g/mol. The number of alkyl halides is 1. The molecule has 1 saturated carbocycles. The number of aromatic amines is 1. The van der Waals surface area contributed by atoms with Crippen molar-refractivity contribution in [1.29, 1.82) is 0 Å². The quantitative estimate of drug-likeness (QED) is 0.822. The SMILES string of the molecule is CC(C)C(F)C(=O)NC1CC(N(C)C(=O)c2c[nH]c(=O)n2C)C1. The number of aromatic nitrogens is 2. The maximum atomic E-state index is 13.6. The maximum absolute atomic E-state index is 13.6. The van der Waals surface area contributed by atoms with Crippen LogP contribution in [0.1, 0.15) is 37.2 Å². The van der Waals surface area contributed by atoms with E-state index in [4.69, 9.17) is 0 Å². The summed E-state index contributed by atoms with van der Waals surface area (Å²) in [5.74, 6) is -1.21. The second-order valence-corrected chi connectivity index (χ2v) is 6.43. The van der Waals surface area contributed by atoms with E-state index in [0.717, 1.165) is 0 Å². The molecule has 1 aromatic rings. The van der Waals surface area contributed by atoms with Crippen molar-refractivity contribution >= 4 is 11.8 Å². The normalized spacial score (nSPS) is 21.7. The number of H-pyrrole nitrogens is 1. The van der Waals surface area contributed by atoms with Crippen molar-refractivity contribution in [3.8, 4) is 0 Å². The molecule has 1 aliphatic carbocycles. The molecule has 1 aromatic heterocycles. The van der Waals surface area contributed by atoms with Gasteiger partial charge in [-0.2, -0.15) is 0 Å². The van der Waals surface area contributed by atoms with Gasteiger partial charge in [0.25, 0.3) is 11.8 Å². The minimum atomic E-state index is -1.51. The molecule has 0 aliphatic heterocycles. The Morgan fingerprint density at radius 3 is 2.52 bits per heavy atom. The predicted octanol–water partition coefficient (Wildman–Crippen LogP) is 0.427. The topological polar surface area (TPSA) is 87.2 Å². The first-order valence-corrected chi connectivity index (χ1v) is 7.68. The highest BCUT2D eigenvalue weighted by molar-refractivity contribution is 5.92. The summed E-state index contributed by atoms with van der Waals surface area (Å²) < 4.78 is 14.8. The number of hydrogen-bond donors (Lipinski definition) is 2. The van der Waals surface area contributed by atoms with E-state index in [1.807, 2.05) is 0 Å². The molecule has 0 bridgehead atoms. The third-order valence-corrected chi connectivity index (χ3v) is 4.38. The summed E-state index contributed by atoms with van der Waals surface area (Å²) in [6.45, 7) is 3.31. The Morgan fingerprint density at radius 2 is 2.04 bits per heavy atom. The number of amides is 2. The van der Waals surface area contributed by atoms with Crippen molar-refractivity contribution in [3.05, 3.63) is 22.4 Å². The third-order valence-electron chi connectivity index (χ3n) is 4.38. The molecule has 1 fully saturated rings. The summed E-state index contributed by atoms with van der Waals surface area (Å²) in [4.78, 5) is 39.4. The lowest BCUT2D eigenvalue weighted by Crippen LogP contribution is -2.55. The van der Waals surface area contributed by atoms with Crippen LogP contribution in [0.25, 0.3) is 0 Å². The van der Waals surface area contributed by atoms with Crippen LogP contribution in [0, 0.1) is 5.92 Å². The second-order valence-electron chi connectivity index (χ2n) is 6.43. The molecule has 0 radical (unpaired) electrons. The molecule has 2 N–H and O–H groups in total. The van der Waals surface area contributed by atoms with Gasteiger partial charge in [0.05, 0.1) is 0 Å². The van der Waals surface area contributed by atoms with Gasteiger partial charge in [-0.05, 0) is 18.8 Å². The zero-order valence-corrected chi connectivity index (χ0v) is 13.8. The van der Waals surface area contributed by atoms with Crippen molar-refractivity contribution in [2.24, 2.45) is 13.0 Å². The number of nitrogens with one attached hydrogen (secondary N) is 2. The fraction of sp³-hybridized carbons (Fsp3) is 0.667. The van der Waals surface area contributed by atoms with Crippen LogP contribution in [0.4, 0.5) is 4.39 Å². The van der Waals surface area contributed by atoms with Gasteiger partial charge in [-0.1, -0.05) is 13.8 Å². The molecule has 1 aliphatic rings. The number of carbonyl (C=O) groups excluding carboxylic acids is 2. The van der Waals surface area contributed by atoms with E-state index in [1.165, 1.54) is 17.8 Å². The Balaban J connectivity index is 1.87. The molecule has 2 amide bonds. The van der Waals surface area contributed by atoms with Gasteiger partial charge in [-0.25, -0.2) is 9.18 Å². The zero-order valence-electron chi connectivity index (χ0n) is 13.8. The first kappa shape index (κ1) is 17.2. The highest BCUT2D eigenvalue weighted by atomic mass is 19.1. The number of carbonyl (C=O) groups is 2. The van der Waals surface area contributed by atoms with E-state index in [-0.39, 0.29) is 35.3 Å². The van der Waals surface area contributed by atoms with E-state index < -0.39 is 12.1 Å². The maximum Gasteiger partial charge on any atom is 0.325 e. The van der Waals surface area contributed by atoms with E-state index in [1.54, 1.807) is 25.8 Å². The summed E-state index contributed by atoms with van der Waals surface area (Å²) >= 11 is 0. The number of hydrogen-bond acceptors (Lipinski definition) is 3. The largest absolute Gasteiger partial charge is 0.351 e. The van der Waals surface area contributed by atoms with Gasteiger partial charge < -0.3 is 15.2 Å². The smallest absolute Gasteiger partial charge is 0.325 e. The van der Waals surface area contributed by atoms with Gasteiger partial charge in [0.1, 0.15) is 5.69 Å². The Bertz CT molecular complexity index is 645. The van der Waals surface area contributed by atoms with Gasteiger partial charge in [-0.15, -0.1) is 0 Å². The molecule has 128 valence electrons. The van der Waals surface area contributed by atoms with Gasteiger partial charge in [0.2, 0.25) is 0 Å². The number of halogens is 1. The molecular weight excluding hydrogens is 303 g/mol. The molecule has 1 unspecified atom stereocenters. The summed E-state index contributed by atoms with van der Waals surface area (Å²) in [5.41, 5.74) is -0.0585. The summed E-state index contributed by atoms with van der Waals surface area (Å²) in [7, 11) is 3.19. The Kier molecular flexibility index (Phi) is 4.91. The van der Waals surface area contributed by atoms with Crippen LogP contribution in [0.2, 0.25) is 0 Å². The van der Waals surface area contributed by atoms with Crippen molar-refractivity contribution in [3.63, 3.8) is 0 Å². The van der Waals surface area contributed by atoms with Crippen molar-refractivity contribution in [1.82, 2.24) is 19.8 Å². The molecule has 0 saturated heterocycles. The van der Waals surface area contributed by atoms with Crippen molar-refractivity contribution in [2.75, 3.05) is 7.05 Å². The predicted molar refractivity (Wildman–Crippen MR) is 82.8 cm³/mol. The molecule has 0 aromatic carbocycles. The molecule has 2 rings (SSSR count). The third kappa shape index (κ3) is 3.46. The van der Waals surface area contributed by atoms with Crippen LogP contribution in [0.5, 0.6) is 0 Å². The molecule has 23 heavy (non-hydrogen) atoms. The number of imidazole rings is 1. The minimum absolute atomic E-state index is 0.0325. The first-order valence-electron chi connectivity index (χ1n) is 7.68. The Hall–Kier alpha value is -2.12. The molecule has 7 nitrogen and oxygen atoms in total. The van der Waals surface area contributed by atoms with Crippen LogP contribution >= 0.6 is 0 Å². The number of nitrogens with zero attached hydrogens (tertiary/aromatic N) is 2. The average molecular weight is 326 g/mol. The molecule has 1 heterocycles. The highest BCUT2D eigenvalue weighted by Gasteiger charge is 2.37. The van der Waals surface area contributed by atoms with E-state index in [9.17, 15) is 18.8 Å². The molecule has 8 heteroatoms. The average Bonchev–Trinajstić information content (AvgIpc) is 2.79. The van der Waals surface area contributed by atoms with Gasteiger partial charge >= 0.3 is 5.69 Å². The molecular formula is C15H23FN4O3. The van der Waals surface area contributed by atoms with E-state index in [0.29, 0.717) is 12.8 Å². The van der Waals surface area contributed by atoms with Gasteiger partial charge in [-0.3, -0.25) is 14.2 Å². The fourth-order valence-electron chi connectivity index (χ4n) is 2.59. The Labute approximate surface area is 133 Å². The van der Waals surface area contributed by atoms with Crippen LogP contribution < -0.4 is 11.0 Å². The standard InChI is InChI=1S/C15H23FN4O3/c1-8(2)12(16)13(21)18-9-5-10(6-9)19(3)14(22)11-7-17-15(23)20(11)4/h7-10,12H,5-6H2,1-4H3,(H,17,23)(H,18,21). The zero-order chi connectivity index (χ0) is 17.3.